The molecule has 0 radical (unpaired) electrons. The van der Waals surface area contributed by atoms with E-state index in [1.807, 2.05) is 30.3 Å². The lowest BCUT2D eigenvalue weighted by atomic mass is 10.2. The first kappa shape index (κ1) is 17.5. The van der Waals surface area contributed by atoms with Gasteiger partial charge >= 0.3 is 6.03 Å². The summed E-state index contributed by atoms with van der Waals surface area (Å²) in [4.78, 5) is 24.4. The molecule has 0 saturated carbocycles. The Bertz CT molecular complexity index is 882. The Morgan fingerprint density at radius 3 is 2.64 bits per heavy atom. The maximum Gasteiger partial charge on any atom is 0.328 e. The summed E-state index contributed by atoms with van der Waals surface area (Å²) in [7, 11) is 1.43. The molecular formula is C18H14BrClN2O3. The minimum Gasteiger partial charge on any atom is -0.488 e. The van der Waals surface area contributed by atoms with E-state index in [1.54, 1.807) is 18.2 Å². The van der Waals surface area contributed by atoms with E-state index in [-0.39, 0.29) is 11.6 Å². The van der Waals surface area contributed by atoms with Crippen LogP contribution in [0, 0.1) is 0 Å². The first-order valence-corrected chi connectivity index (χ1v) is 8.59. The van der Waals surface area contributed by atoms with Gasteiger partial charge in [-0.1, -0.05) is 35.9 Å². The Balaban J connectivity index is 1.74. The zero-order valence-electron chi connectivity index (χ0n) is 13.3. The molecule has 2 aromatic carbocycles. The summed E-state index contributed by atoms with van der Waals surface area (Å²) in [6.45, 7) is 0.345. The highest BCUT2D eigenvalue weighted by Crippen LogP contribution is 2.28. The second-order valence-corrected chi connectivity index (χ2v) is 6.68. The lowest BCUT2D eigenvalue weighted by Gasteiger charge is -2.10. The number of urea groups is 1. The molecule has 1 saturated heterocycles. The van der Waals surface area contributed by atoms with Crippen LogP contribution in [0.4, 0.5) is 4.79 Å². The summed E-state index contributed by atoms with van der Waals surface area (Å²) in [5, 5.41) is 3.18. The second-order valence-electron chi connectivity index (χ2n) is 5.42. The minimum atomic E-state index is -0.435. The molecule has 3 amide bonds. The van der Waals surface area contributed by atoms with Gasteiger partial charge in [-0.15, -0.1) is 0 Å². The Morgan fingerprint density at radius 2 is 2.00 bits per heavy atom. The van der Waals surface area contributed by atoms with E-state index in [9.17, 15) is 9.59 Å². The van der Waals surface area contributed by atoms with Crippen LogP contribution < -0.4 is 10.1 Å². The zero-order chi connectivity index (χ0) is 18.0. The van der Waals surface area contributed by atoms with Gasteiger partial charge in [0.2, 0.25) is 0 Å². The average Bonchev–Trinajstić information content (AvgIpc) is 2.82. The Hall–Kier alpha value is -2.31. The van der Waals surface area contributed by atoms with Crippen molar-refractivity contribution in [2.45, 2.75) is 6.61 Å². The number of nitrogens with one attached hydrogen (secondary N) is 1. The van der Waals surface area contributed by atoms with Crippen molar-refractivity contribution in [2.75, 3.05) is 7.05 Å². The van der Waals surface area contributed by atoms with E-state index >= 15 is 0 Å². The molecule has 5 nitrogen and oxygen atoms in total. The fraction of sp³-hybridized carbons (Fsp3) is 0.111. The first-order chi connectivity index (χ1) is 12.0. The predicted molar refractivity (Wildman–Crippen MR) is 99.2 cm³/mol. The fourth-order valence-electron chi connectivity index (χ4n) is 2.28. The summed E-state index contributed by atoms with van der Waals surface area (Å²) < 4.78 is 6.52. The van der Waals surface area contributed by atoms with Crippen LogP contribution in [-0.2, 0) is 11.4 Å². The van der Waals surface area contributed by atoms with E-state index < -0.39 is 6.03 Å². The van der Waals surface area contributed by atoms with Gasteiger partial charge < -0.3 is 10.1 Å². The van der Waals surface area contributed by atoms with E-state index in [1.165, 1.54) is 7.05 Å². The third-order valence-corrected chi connectivity index (χ3v) is 4.68. The van der Waals surface area contributed by atoms with Gasteiger partial charge in [0.15, 0.2) is 0 Å². The summed E-state index contributed by atoms with van der Waals surface area (Å²) >= 11 is 9.58. The number of rotatable bonds is 4. The van der Waals surface area contributed by atoms with E-state index in [0.717, 1.165) is 20.5 Å². The topological polar surface area (TPSA) is 58.6 Å². The number of carbonyl (C=O) groups is 2. The van der Waals surface area contributed by atoms with Crippen LogP contribution in [0.3, 0.4) is 0 Å². The number of likely N-dealkylation sites (N-methyl/N-ethyl adjacent to an activating group) is 1. The van der Waals surface area contributed by atoms with Gasteiger partial charge in [0.05, 0.1) is 4.47 Å². The van der Waals surface area contributed by atoms with Gasteiger partial charge in [-0.2, -0.15) is 0 Å². The standard InChI is InChI=1S/C18H14BrClN2O3/c1-22-17(23)15(21-18(22)24)9-11-6-7-16(13(19)8-11)25-10-12-4-2-3-5-14(12)20/h2-9H,10H2,1H3,(H,21,24)/b15-9+. The number of ether oxygens (including phenoxy) is 1. The Morgan fingerprint density at radius 1 is 1.24 bits per heavy atom. The fourth-order valence-corrected chi connectivity index (χ4v) is 2.99. The molecule has 0 spiro atoms. The molecule has 1 aliphatic rings. The van der Waals surface area contributed by atoms with Crippen molar-refractivity contribution < 1.29 is 14.3 Å². The molecule has 25 heavy (non-hydrogen) atoms. The molecule has 0 bridgehead atoms. The summed E-state index contributed by atoms with van der Waals surface area (Å²) in [6, 6.07) is 12.5. The van der Waals surface area contributed by atoms with Gasteiger partial charge in [0.25, 0.3) is 5.91 Å². The second kappa shape index (κ2) is 7.29. The highest BCUT2D eigenvalue weighted by Gasteiger charge is 2.29. The first-order valence-electron chi connectivity index (χ1n) is 7.42. The lowest BCUT2D eigenvalue weighted by Crippen LogP contribution is -2.25. The van der Waals surface area contributed by atoms with Crippen LogP contribution in [0.1, 0.15) is 11.1 Å². The Labute approximate surface area is 158 Å². The number of imide groups is 1. The number of carbonyl (C=O) groups excluding carboxylic acids is 2. The van der Waals surface area contributed by atoms with Crippen molar-refractivity contribution in [3.8, 4) is 5.75 Å². The third kappa shape index (κ3) is 3.86. The van der Waals surface area contributed by atoms with Gasteiger partial charge in [0, 0.05) is 17.6 Å². The number of hydrogen-bond donors (Lipinski definition) is 1. The molecule has 0 aliphatic carbocycles. The highest BCUT2D eigenvalue weighted by atomic mass is 79.9. The highest BCUT2D eigenvalue weighted by molar-refractivity contribution is 9.10. The van der Waals surface area contributed by atoms with Crippen LogP contribution in [0.15, 0.2) is 52.6 Å². The SMILES string of the molecule is CN1C(=O)N/C(=C/c2ccc(OCc3ccccc3Cl)c(Br)c2)C1=O. The molecular weight excluding hydrogens is 408 g/mol. The van der Waals surface area contributed by atoms with Crippen molar-refractivity contribution in [1.82, 2.24) is 10.2 Å². The molecule has 1 N–H and O–H groups in total. The molecule has 0 unspecified atom stereocenters. The van der Waals surface area contributed by atoms with Crippen LogP contribution in [0.25, 0.3) is 6.08 Å². The Kier molecular flexibility index (Phi) is 5.11. The van der Waals surface area contributed by atoms with Gasteiger partial charge in [0.1, 0.15) is 18.1 Å². The number of amides is 3. The lowest BCUT2D eigenvalue weighted by molar-refractivity contribution is -0.121. The smallest absolute Gasteiger partial charge is 0.328 e. The van der Waals surface area contributed by atoms with Crippen LogP contribution in [0.2, 0.25) is 5.02 Å². The van der Waals surface area contributed by atoms with Crippen molar-refractivity contribution >= 4 is 45.5 Å². The molecule has 2 aromatic rings. The average molecular weight is 422 g/mol. The van der Waals surface area contributed by atoms with Crippen molar-refractivity contribution in [1.29, 1.82) is 0 Å². The monoisotopic (exact) mass is 420 g/mol. The zero-order valence-corrected chi connectivity index (χ0v) is 15.6. The summed E-state index contributed by atoms with van der Waals surface area (Å²) in [5.41, 5.74) is 1.89. The van der Waals surface area contributed by atoms with E-state index in [4.69, 9.17) is 16.3 Å². The minimum absolute atomic E-state index is 0.240. The molecule has 1 fully saturated rings. The summed E-state index contributed by atoms with van der Waals surface area (Å²) in [5.74, 6) is 0.293. The van der Waals surface area contributed by atoms with Gasteiger partial charge in [-0.25, -0.2) is 4.79 Å². The maximum atomic E-state index is 11.9. The maximum absolute atomic E-state index is 11.9. The quantitative estimate of drug-likeness (QED) is 0.594. The van der Waals surface area contributed by atoms with Crippen molar-refractivity contribution in [2.24, 2.45) is 0 Å². The molecule has 1 heterocycles. The third-order valence-electron chi connectivity index (χ3n) is 3.69. The van der Waals surface area contributed by atoms with Crippen LogP contribution >= 0.6 is 27.5 Å². The van der Waals surface area contributed by atoms with E-state index in [0.29, 0.717) is 17.4 Å². The number of halogens is 2. The van der Waals surface area contributed by atoms with E-state index in [2.05, 4.69) is 21.2 Å². The molecule has 128 valence electrons. The normalized spacial score (nSPS) is 15.6. The molecule has 3 rings (SSSR count). The largest absolute Gasteiger partial charge is 0.488 e. The number of hydrogen-bond acceptors (Lipinski definition) is 3. The van der Waals surface area contributed by atoms with Crippen LogP contribution in [0.5, 0.6) is 5.75 Å². The number of benzene rings is 2. The molecule has 0 aromatic heterocycles. The summed E-state index contributed by atoms with van der Waals surface area (Å²) in [6.07, 6.45) is 1.62. The van der Waals surface area contributed by atoms with Crippen molar-refractivity contribution in [3.63, 3.8) is 0 Å². The molecule has 7 heteroatoms. The van der Waals surface area contributed by atoms with Gasteiger partial charge in [-0.3, -0.25) is 9.69 Å². The molecule has 1 aliphatic heterocycles. The van der Waals surface area contributed by atoms with Gasteiger partial charge in [-0.05, 0) is 45.8 Å². The van der Waals surface area contributed by atoms with Crippen LogP contribution in [-0.4, -0.2) is 23.9 Å². The van der Waals surface area contributed by atoms with Crippen molar-refractivity contribution in [3.05, 3.63) is 68.8 Å². The molecule has 0 atom stereocenters. The predicted octanol–water partition coefficient (Wildman–Crippen LogP) is 4.20. The number of nitrogens with zero attached hydrogens (tertiary/aromatic N) is 1.